The van der Waals surface area contributed by atoms with Crippen molar-refractivity contribution in [2.45, 2.75) is 62.8 Å². The minimum atomic E-state index is -3.53. The Hall–Kier alpha value is -1.93. The quantitative estimate of drug-likeness (QED) is 0.625. The molecular weight excluding hydrogens is 368 g/mol. The summed E-state index contributed by atoms with van der Waals surface area (Å²) < 4.78 is 27.1. The van der Waals surface area contributed by atoms with Crippen LogP contribution < -0.4 is 5.32 Å². The summed E-state index contributed by atoms with van der Waals surface area (Å²) >= 11 is 0. The molecule has 0 aliphatic carbocycles. The van der Waals surface area contributed by atoms with Gasteiger partial charge in [0, 0.05) is 31.1 Å². The summed E-state index contributed by atoms with van der Waals surface area (Å²) in [7, 11) is -3.53. The fraction of sp³-hybridized carbons (Fsp3) is 0.579. The lowest BCUT2D eigenvalue weighted by atomic mass is 10.1. The average molecular weight is 397 g/mol. The van der Waals surface area contributed by atoms with Gasteiger partial charge < -0.3 is 10.4 Å². The van der Waals surface area contributed by atoms with Crippen molar-refractivity contribution in [3.63, 3.8) is 0 Å². The Balaban J connectivity index is 1.88. The van der Waals surface area contributed by atoms with Gasteiger partial charge in [-0.25, -0.2) is 8.42 Å². The number of aliphatic carboxylic acids is 1. The third-order valence-electron chi connectivity index (χ3n) is 4.82. The van der Waals surface area contributed by atoms with E-state index in [1.54, 1.807) is 4.31 Å². The highest BCUT2D eigenvalue weighted by atomic mass is 32.2. The highest BCUT2D eigenvalue weighted by molar-refractivity contribution is 7.89. The summed E-state index contributed by atoms with van der Waals surface area (Å²) in [6.07, 6.45) is 4.95. The van der Waals surface area contributed by atoms with Crippen molar-refractivity contribution in [1.29, 1.82) is 0 Å². The molecule has 1 heterocycles. The molecule has 1 aromatic carbocycles. The second-order valence-electron chi connectivity index (χ2n) is 6.95. The number of carbonyl (C=O) groups is 2. The van der Waals surface area contributed by atoms with Crippen LogP contribution in [0.3, 0.4) is 0 Å². The zero-order valence-corrected chi connectivity index (χ0v) is 16.5. The lowest BCUT2D eigenvalue weighted by Gasteiger charge is -2.32. The van der Waals surface area contributed by atoms with Gasteiger partial charge in [-0.15, -0.1) is 0 Å². The normalized spacial score (nSPS) is 18.2. The molecule has 0 aromatic heterocycles. The number of nitrogens with zero attached hydrogens (tertiary/aromatic N) is 1. The van der Waals surface area contributed by atoms with E-state index in [4.69, 9.17) is 5.11 Å². The minimum absolute atomic E-state index is 0.00662. The Morgan fingerprint density at radius 2 is 1.85 bits per heavy atom. The zero-order chi connectivity index (χ0) is 19.9. The number of hydrogen-bond donors (Lipinski definition) is 2. The molecular formula is C19H28N2O5S. The van der Waals surface area contributed by atoms with E-state index in [1.807, 2.05) is 6.92 Å². The van der Waals surface area contributed by atoms with Gasteiger partial charge in [0.05, 0.1) is 4.90 Å². The molecule has 150 valence electrons. The highest BCUT2D eigenvalue weighted by Crippen LogP contribution is 2.25. The SMILES string of the molecule is CC1CCCCN1S(=O)(=O)c1ccc(C(=O)NCCCCCC(=O)O)cc1. The molecule has 0 radical (unpaired) electrons. The number of hydrogen-bond acceptors (Lipinski definition) is 4. The van der Waals surface area contributed by atoms with E-state index in [9.17, 15) is 18.0 Å². The molecule has 1 aromatic rings. The average Bonchev–Trinajstić information content (AvgIpc) is 2.64. The van der Waals surface area contributed by atoms with Crippen molar-refractivity contribution in [1.82, 2.24) is 9.62 Å². The van der Waals surface area contributed by atoms with Crippen LogP contribution in [0.4, 0.5) is 0 Å². The van der Waals surface area contributed by atoms with Crippen LogP contribution in [0.25, 0.3) is 0 Å². The van der Waals surface area contributed by atoms with Crippen molar-refractivity contribution in [2.24, 2.45) is 0 Å². The monoisotopic (exact) mass is 396 g/mol. The number of benzene rings is 1. The number of amides is 1. The first-order valence-corrected chi connectivity index (χ1v) is 10.9. The fourth-order valence-corrected chi connectivity index (χ4v) is 4.92. The topological polar surface area (TPSA) is 104 Å². The van der Waals surface area contributed by atoms with Gasteiger partial charge >= 0.3 is 5.97 Å². The van der Waals surface area contributed by atoms with Crippen molar-refractivity contribution >= 4 is 21.9 Å². The van der Waals surface area contributed by atoms with Crippen molar-refractivity contribution in [3.05, 3.63) is 29.8 Å². The predicted octanol–water partition coefficient (Wildman–Crippen LogP) is 2.62. The van der Waals surface area contributed by atoms with Crippen LogP contribution in [0, 0.1) is 0 Å². The minimum Gasteiger partial charge on any atom is -0.481 e. The van der Waals surface area contributed by atoms with Crippen LogP contribution in [-0.4, -0.2) is 48.8 Å². The highest BCUT2D eigenvalue weighted by Gasteiger charge is 2.30. The molecule has 0 spiro atoms. The number of carboxylic acid groups (broad SMARTS) is 1. The van der Waals surface area contributed by atoms with Gasteiger partial charge in [0.15, 0.2) is 0 Å². The van der Waals surface area contributed by atoms with E-state index in [0.717, 1.165) is 25.7 Å². The van der Waals surface area contributed by atoms with Crippen LogP contribution >= 0.6 is 0 Å². The molecule has 0 saturated carbocycles. The molecule has 2 rings (SSSR count). The maximum Gasteiger partial charge on any atom is 0.303 e. The second-order valence-corrected chi connectivity index (χ2v) is 8.84. The maximum atomic E-state index is 12.8. The first kappa shape index (κ1) is 21.4. The van der Waals surface area contributed by atoms with Gasteiger partial charge in [0.2, 0.25) is 10.0 Å². The number of sulfonamides is 1. The fourth-order valence-electron chi connectivity index (χ4n) is 3.22. The van der Waals surface area contributed by atoms with Gasteiger partial charge in [-0.05, 0) is 56.9 Å². The number of nitrogens with one attached hydrogen (secondary N) is 1. The summed E-state index contributed by atoms with van der Waals surface area (Å²) in [6, 6.07) is 6.02. The summed E-state index contributed by atoms with van der Waals surface area (Å²) in [5, 5.41) is 11.3. The van der Waals surface area contributed by atoms with Gasteiger partial charge in [-0.3, -0.25) is 9.59 Å². The number of carbonyl (C=O) groups excluding carboxylic acids is 1. The van der Waals surface area contributed by atoms with E-state index < -0.39 is 16.0 Å². The molecule has 27 heavy (non-hydrogen) atoms. The van der Waals surface area contributed by atoms with Crippen LogP contribution in [0.5, 0.6) is 0 Å². The van der Waals surface area contributed by atoms with E-state index >= 15 is 0 Å². The summed E-state index contributed by atoms with van der Waals surface area (Å²) in [5.41, 5.74) is 0.408. The van der Waals surface area contributed by atoms with Crippen LogP contribution in [0.15, 0.2) is 29.2 Å². The molecule has 1 saturated heterocycles. The first-order valence-electron chi connectivity index (χ1n) is 9.44. The molecule has 7 nitrogen and oxygen atoms in total. The third kappa shape index (κ3) is 6.04. The van der Waals surface area contributed by atoms with Crippen molar-refractivity contribution in [3.8, 4) is 0 Å². The molecule has 8 heteroatoms. The summed E-state index contributed by atoms with van der Waals surface area (Å²) in [6.45, 7) is 2.92. The molecule has 1 amide bonds. The van der Waals surface area contributed by atoms with Gasteiger partial charge in [-0.1, -0.05) is 12.8 Å². The van der Waals surface area contributed by atoms with Crippen LogP contribution in [0.1, 0.15) is 62.2 Å². The number of unbranched alkanes of at least 4 members (excludes halogenated alkanes) is 2. The second kappa shape index (κ2) is 9.85. The van der Waals surface area contributed by atoms with E-state index in [2.05, 4.69) is 5.32 Å². The zero-order valence-electron chi connectivity index (χ0n) is 15.7. The molecule has 1 aliphatic rings. The molecule has 1 unspecified atom stereocenters. The summed E-state index contributed by atoms with van der Waals surface area (Å²) in [4.78, 5) is 22.8. The van der Waals surface area contributed by atoms with Crippen molar-refractivity contribution in [2.75, 3.05) is 13.1 Å². The van der Waals surface area contributed by atoms with Gasteiger partial charge in [0.1, 0.15) is 0 Å². The molecule has 2 N–H and O–H groups in total. The first-order chi connectivity index (χ1) is 12.8. The van der Waals surface area contributed by atoms with E-state index in [0.29, 0.717) is 31.5 Å². The number of rotatable bonds is 9. The Morgan fingerprint density at radius 3 is 2.48 bits per heavy atom. The Labute approximate surface area is 160 Å². The van der Waals surface area contributed by atoms with Gasteiger partial charge in [-0.2, -0.15) is 4.31 Å². The lowest BCUT2D eigenvalue weighted by Crippen LogP contribution is -2.41. The number of carboxylic acids is 1. The largest absolute Gasteiger partial charge is 0.481 e. The van der Waals surface area contributed by atoms with E-state index in [-0.39, 0.29) is 23.3 Å². The predicted molar refractivity (Wildman–Crippen MR) is 102 cm³/mol. The Bertz CT molecular complexity index is 746. The summed E-state index contributed by atoms with van der Waals surface area (Å²) in [5.74, 6) is -1.07. The Kier molecular flexibility index (Phi) is 7.79. The molecule has 1 fully saturated rings. The smallest absolute Gasteiger partial charge is 0.303 e. The maximum absolute atomic E-state index is 12.8. The molecule has 1 aliphatic heterocycles. The molecule has 1 atom stereocenters. The molecule has 0 bridgehead atoms. The van der Waals surface area contributed by atoms with Crippen molar-refractivity contribution < 1.29 is 23.1 Å². The number of piperidine rings is 1. The van der Waals surface area contributed by atoms with Crippen LogP contribution in [0.2, 0.25) is 0 Å². The van der Waals surface area contributed by atoms with E-state index in [1.165, 1.54) is 24.3 Å². The lowest BCUT2D eigenvalue weighted by molar-refractivity contribution is -0.137. The standard InChI is InChI=1S/C19H28N2O5S/c1-15-7-4-6-14-21(15)27(25,26)17-11-9-16(10-12-17)19(24)20-13-5-2-3-8-18(22)23/h9-12,15H,2-8,13-14H2,1H3,(H,20,24)(H,22,23). The van der Waals surface area contributed by atoms with Gasteiger partial charge in [0.25, 0.3) is 5.91 Å². The van der Waals surface area contributed by atoms with Crippen LogP contribution in [-0.2, 0) is 14.8 Å². The third-order valence-corrected chi connectivity index (χ3v) is 6.85. The Morgan fingerprint density at radius 1 is 1.15 bits per heavy atom.